The van der Waals surface area contributed by atoms with Gasteiger partial charge in [0, 0.05) is 21.2 Å². The molecular weight excluding hydrogens is 252 g/mol. The fourth-order valence-electron chi connectivity index (χ4n) is 1.96. The van der Waals surface area contributed by atoms with E-state index in [1.54, 1.807) is 11.3 Å². The van der Waals surface area contributed by atoms with Crippen molar-refractivity contribution in [3.05, 3.63) is 56.2 Å². The predicted molar refractivity (Wildman–Crippen MR) is 73.9 cm³/mol. The standard InChI is InChI=1S/C14H15ClOS/c1-9-7-10(2)17-14(9)13(16)8-11-5-3-4-6-12(11)15/h3-7,13,16H,8H2,1-2H3. The fourth-order valence-corrected chi connectivity index (χ4v) is 3.19. The number of thiophene rings is 1. The molecule has 0 aliphatic rings. The molecule has 0 radical (unpaired) electrons. The highest BCUT2D eigenvalue weighted by atomic mass is 35.5. The minimum Gasteiger partial charge on any atom is -0.387 e. The summed E-state index contributed by atoms with van der Waals surface area (Å²) in [5.41, 5.74) is 2.15. The second-order valence-electron chi connectivity index (χ2n) is 4.22. The Bertz CT molecular complexity index is 519. The summed E-state index contributed by atoms with van der Waals surface area (Å²) in [5, 5.41) is 11.0. The zero-order valence-electron chi connectivity index (χ0n) is 9.90. The van der Waals surface area contributed by atoms with Crippen molar-refractivity contribution in [1.29, 1.82) is 0 Å². The first-order valence-electron chi connectivity index (χ1n) is 5.56. The quantitative estimate of drug-likeness (QED) is 0.878. The van der Waals surface area contributed by atoms with Gasteiger partial charge in [0.25, 0.3) is 0 Å². The van der Waals surface area contributed by atoms with E-state index in [1.807, 2.05) is 31.2 Å². The molecule has 1 unspecified atom stereocenters. The molecule has 2 rings (SSSR count). The van der Waals surface area contributed by atoms with Gasteiger partial charge in [0.2, 0.25) is 0 Å². The maximum atomic E-state index is 10.2. The monoisotopic (exact) mass is 266 g/mol. The molecule has 0 saturated heterocycles. The van der Waals surface area contributed by atoms with Crippen molar-refractivity contribution in [2.45, 2.75) is 26.4 Å². The van der Waals surface area contributed by atoms with E-state index in [0.717, 1.165) is 21.0 Å². The molecule has 0 bridgehead atoms. The Balaban J connectivity index is 2.20. The molecule has 0 amide bonds. The summed E-state index contributed by atoms with van der Waals surface area (Å²) >= 11 is 7.75. The highest BCUT2D eigenvalue weighted by molar-refractivity contribution is 7.12. The molecule has 1 aromatic heterocycles. The zero-order valence-corrected chi connectivity index (χ0v) is 11.5. The highest BCUT2D eigenvalue weighted by Crippen LogP contribution is 2.31. The topological polar surface area (TPSA) is 20.2 Å². The summed E-state index contributed by atoms with van der Waals surface area (Å²) in [6.07, 6.45) is 0.106. The first-order chi connectivity index (χ1) is 8.08. The van der Waals surface area contributed by atoms with Crippen LogP contribution in [0.2, 0.25) is 5.02 Å². The number of benzene rings is 1. The SMILES string of the molecule is Cc1cc(C)c(C(O)Cc2ccccc2Cl)s1. The van der Waals surface area contributed by atoms with Gasteiger partial charge in [-0.05, 0) is 37.1 Å². The van der Waals surface area contributed by atoms with E-state index < -0.39 is 6.10 Å². The molecule has 1 atom stereocenters. The van der Waals surface area contributed by atoms with E-state index in [9.17, 15) is 5.11 Å². The van der Waals surface area contributed by atoms with Crippen molar-refractivity contribution in [3.63, 3.8) is 0 Å². The Morgan fingerprint density at radius 2 is 2.00 bits per heavy atom. The number of hydrogen-bond acceptors (Lipinski definition) is 2. The summed E-state index contributed by atoms with van der Waals surface area (Å²) in [6.45, 7) is 4.10. The van der Waals surface area contributed by atoms with Gasteiger partial charge in [-0.2, -0.15) is 0 Å². The van der Waals surface area contributed by atoms with Crippen LogP contribution < -0.4 is 0 Å². The first-order valence-corrected chi connectivity index (χ1v) is 6.76. The number of aryl methyl sites for hydroxylation is 2. The number of aliphatic hydroxyl groups excluding tert-OH is 1. The van der Waals surface area contributed by atoms with Crippen LogP contribution in [0.1, 0.15) is 27.0 Å². The van der Waals surface area contributed by atoms with Crippen LogP contribution in [0.5, 0.6) is 0 Å². The maximum Gasteiger partial charge on any atom is 0.0925 e. The first kappa shape index (κ1) is 12.6. The predicted octanol–water partition coefficient (Wildman–Crippen LogP) is 4.29. The summed E-state index contributed by atoms with van der Waals surface area (Å²) in [4.78, 5) is 2.28. The summed E-state index contributed by atoms with van der Waals surface area (Å²) in [7, 11) is 0. The van der Waals surface area contributed by atoms with Crippen LogP contribution in [0.3, 0.4) is 0 Å². The molecule has 3 heteroatoms. The third-order valence-electron chi connectivity index (χ3n) is 2.75. The Morgan fingerprint density at radius 1 is 1.29 bits per heavy atom. The van der Waals surface area contributed by atoms with E-state index in [1.165, 1.54) is 4.88 Å². The van der Waals surface area contributed by atoms with Gasteiger partial charge in [-0.1, -0.05) is 29.8 Å². The van der Waals surface area contributed by atoms with Gasteiger partial charge < -0.3 is 5.11 Å². The normalized spacial score (nSPS) is 12.7. The molecule has 1 N–H and O–H groups in total. The summed E-state index contributed by atoms with van der Waals surface area (Å²) in [6, 6.07) is 9.77. The molecular formula is C14H15ClOS. The molecule has 1 heterocycles. The van der Waals surface area contributed by atoms with Crippen LogP contribution in [-0.4, -0.2) is 5.11 Å². The van der Waals surface area contributed by atoms with Crippen molar-refractivity contribution in [2.24, 2.45) is 0 Å². The second-order valence-corrected chi connectivity index (χ2v) is 5.91. The molecule has 0 spiro atoms. The Morgan fingerprint density at radius 3 is 2.59 bits per heavy atom. The summed E-state index contributed by atoms with van der Waals surface area (Å²) < 4.78 is 0. The molecule has 0 aliphatic carbocycles. The van der Waals surface area contributed by atoms with Crippen LogP contribution in [0.25, 0.3) is 0 Å². The van der Waals surface area contributed by atoms with E-state index in [4.69, 9.17) is 11.6 Å². The third kappa shape index (κ3) is 2.89. The largest absolute Gasteiger partial charge is 0.387 e. The minimum atomic E-state index is -0.464. The molecule has 0 fully saturated rings. The lowest BCUT2D eigenvalue weighted by molar-refractivity contribution is 0.181. The van der Waals surface area contributed by atoms with E-state index in [-0.39, 0.29) is 0 Å². The zero-order chi connectivity index (χ0) is 12.4. The van der Waals surface area contributed by atoms with Gasteiger partial charge in [0.1, 0.15) is 0 Å². The van der Waals surface area contributed by atoms with Crippen LogP contribution >= 0.6 is 22.9 Å². The lowest BCUT2D eigenvalue weighted by atomic mass is 10.1. The van der Waals surface area contributed by atoms with Gasteiger partial charge in [0.05, 0.1) is 6.10 Å². The van der Waals surface area contributed by atoms with Crippen molar-refractivity contribution in [2.75, 3.05) is 0 Å². The minimum absolute atomic E-state index is 0.464. The van der Waals surface area contributed by atoms with E-state index >= 15 is 0 Å². The number of aliphatic hydroxyl groups is 1. The summed E-state index contributed by atoms with van der Waals surface area (Å²) in [5.74, 6) is 0. The molecule has 1 aromatic carbocycles. The van der Waals surface area contributed by atoms with E-state index in [2.05, 4.69) is 13.0 Å². The fraction of sp³-hybridized carbons (Fsp3) is 0.286. The molecule has 0 aliphatic heterocycles. The third-order valence-corrected chi connectivity index (χ3v) is 4.38. The molecule has 0 saturated carbocycles. The average molecular weight is 267 g/mol. The van der Waals surface area contributed by atoms with Crippen molar-refractivity contribution in [3.8, 4) is 0 Å². The van der Waals surface area contributed by atoms with Gasteiger partial charge in [-0.3, -0.25) is 0 Å². The number of rotatable bonds is 3. The van der Waals surface area contributed by atoms with Gasteiger partial charge in [-0.15, -0.1) is 11.3 Å². The Kier molecular flexibility index (Phi) is 3.87. The maximum absolute atomic E-state index is 10.2. The molecule has 17 heavy (non-hydrogen) atoms. The van der Waals surface area contributed by atoms with Gasteiger partial charge in [-0.25, -0.2) is 0 Å². The lowest BCUT2D eigenvalue weighted by Crippen LogP contribution is -2.01. The van der Waals surface area contributed by atoms with Crippen molar-refractivity contribution >= 4 is 22.9 Å². The Labute approximate surface area is 111 Å². The van der Waals surface area contributed by atoms with Crippen LogP contribution in [0.15, 0.2) is 30.3 Å². The van der Waals surface area contributed by atoms with Crippen molar-refractivity contribution < 1.29 is 5.11 Å². The van der Waals surface area contributed by atoms with Crippen LogP contribution in [0.4, 0.5) is 0 Å². The smallest absolute Gasteiger partial charge is 0.0925 e. The van der Waals surface area contributed by atoms with Crippen LogP contribution in [0, 0.1) is 13.8 Å². The van der Waals surface area contributed by atoms with Gasteiger partial charge in [0.15, 0.2) is 0 Å². The van der Waals surface area contributed by atoms with Crippen LogP contribution in [-0.2, 0) is 6.42 Å². The van der Waals surface area contributed by atoms with E-state index in [0.29, 0.717) is 6.42 Å². The second kappa shape index (κ2) is 5.21. The highest BCUT2D eigenvalue weighted by Gasteiger charge is 2.15. The average Bonchev–Trinajstić information content (AvgIpc) is 2.61. The van der Waals surface area contributed by atoms with Gasteiger partial charge >= 0.3 is 0 Å². The molecule has 2 aromatic rings. The molecule has 90 valence electrons. The lowest BCUT2D eigenvalue weighted by Gasteiger charge is -2.11. The van der Waals surface area contributed by atoms with Crippen molar-refractivity contribution in [1.82, 2.24) is 0 Å². The molecule has 1 nitrogen and oxygen atoms in total. The number of halogens is 1. The number of hydrogen-bond donors (Lipinski definition) is 1. The Hall–Kier alpha value is -0.830.